The van der Waals surface area contributed by atoms with Gasteiger partial charge in [0.05, 0.1) is 4.47 Å². The van der Waals surface area contributed by atoms with Crippen LogP contribution in [0.4, 0.5) is 0 Å². The van der Waals surface area contributed by atoms with Gasteiger partial charge in [0.2, 0.25) is 5.75 Å². The van der Waals surface area contributed by atoms with E-state index in [0.29, 0.717) is 14.7 Å². The Morgan fingerprint density at radius 2 is 1.44 bits per heavy atom. The third-order valence-corrected chi connectivity index (χ3v) is 3.69. The first kappa shape index (κ1) is 13.7. The Balaban J connectivity index is 2.40. The molecule has 0 aliphatic rings. The van der Waals surface area contributed by atoms with Gasteiger partial charge < -0.3 is 14.9 Å². The van der Waals surface area contributed by atoms with E-state index >= 15 is 0 Å². The molecule has 6 heteroatoms. The van der Waals surface area contributed by atoms with Crippen LogP contribution in [-0.2, 0) is 0 Å². The van der Waals surface area contributed by atoms with Gasteiger partial charge in [-0.15, -0.1) is 0 Å². The lowest BCUT2D eigenvalue weighted by molar-refractivity contribution is 0.374. The van der Waals surface area contributed by atoms with Crippen LogP contribution in [0.1, 0.15) is 0 Å². The van der Waals surface area contributed by atoms with E-state index in [4.69, 9.17) is 4.74 Å². The molecule has 0 aliphatic heterocycles. The highest BCUT2D eigenvalue weighted by atomic mass is 79.9. The van der Waals surface area contributed by atoms with Crippen molar-refractivity contribution in [3.63, 3.8) is 0 Å². The van der Waals surface area contributed by atoms with Gasteiger partial charge in [-0.3, -0.25) is 0 Å². The van der Waals surface area contributed by atoms with Crippen molar-refractivity contribution in [1.29, 1.82) is 0 Å². The molecule has 2 aromatic carbocycles. The molecule has 2 aromatic rings. The van der Waals surface area contributed by atoms with Crippen LogP contribution in [0, 0.1) is 0 Å². The standard InChI is InChI=1S/C12H7Br3O3/c13-6-1-2-11(8(15)3-6)18-12-9(16)4-7(14)5-10(12)17/h1-5,16-17H. The molecule has 0 bridgehead atoms. The van der Waals surface area contributed by atoms with E-state index in [1.54, 1.807) is 12.1 Å². The second-order valence-corrected chi connectivity index (χ2v) is 6.14. The van der Waals surface area contributed by atoms with Gasteiger partial charge >= 0.3 is 0 Å². The zero-order valence-corrected chi connectivity index (χ0v) is 13.6. The molecule has 0 spiro atoms. The Morgan fingerprint density at radius 1 is 0.833 bits per heavy atom. The van der Waals surface area contributed by atoms with Crippen LogP contribution in [0.15, 0.2) is 43.7 Å². The summed E-state index contributed by atoms with van der Waals surface area (Å²) in [7, 11) is 0. The highest BCUT2D eigenvalue weighted by Gasteiger charge is 2.13. The van der Waals surface area contributed by atoms with Gasteiger partial charge in [0.1, 0.15) is 5.75 Å². The third-order valence-electron chi connectivity index (χ3n) is 2.12. The first-order valence-corrected chi connectivity index (χ1v) is 7.19. The molecule has 0 unspecified atom stereocenters. The van der Waals surface area contributed by atoms with Gasteiger partial charge in [0.15, 0.2) is 11.5 Å². The number of phenolic OH excluding ortho intramolecular Hbond substituents is 2. The van der Waals surface area contributed by atoms with Crippen LogP contribution >= 0.6 is 47.8 Å². The molecule has 0 fully saturated rings. The van der Waals surface area contributed by atoms with E-state index < -0.39 is 0 Å². The number of halogens is 3. The fourth-order valence-corrected chi connectivity index (χ4v) is 2.90. The van der Waals surface area contributed by atoms with Crippen molar-refractivity contribution in [2.24, 2.45) is 0 Å². The maximum absolute atomic E-state index is 9.74. The molecule has 2 rings (SSSR count). The molecule has 0 aromatic heterocycles. The van der Waals surface area contributed by atoms with E-state index in [9.17, 15) is 10.2 Å². The molecular weight excluding hydrogens is 432 g/mol. The smallest absolute Gasteiger partial charge is 0.210 e. The van der Waals surface area contributed by atoms with Crippen LogP contribution in [0.25, 0.3) is 0 Å². The van der Waals surface area contributed by atoms with Gasteiger partial charge in [0, 0.05) is 8.95 Å². The quantitative estimate of drug-likeness (QED) is 0.679. The summed E-state index contributed by atoms with van der Waals surface area (Å²) in [6.45, 7) is 0. The SMILES string of the molecule is Oc1cc(Br)cc(O)c1Oc1ccc(Br)cc1Br. The average Bonchev–Trinajstić information content (AvgIpc) is 2.25. The molecule has 94 valence electrons. The number of benzene rings is 2. The highest BCUT2D eigenvalue weighted by Crippen LogP contribution is 2.43. The van der Waals surface area contributed by atoms with Crippen LogP contribution in [0.2, 0.25) is 0 Å². The van der Waals surface area contributed by atoms with Crippen LogP contribution in [0.3, 0.4) is 0 Å². The van der Waals surface area contributed by atoms with Gasteiger partial charge in [-0.05, 0) is 46.3 Å². The molecule has 0 amide bonds. The summed E-state index contributed by atoms with van der Waals surface area (Å²) in [4.78, 5) is 0. The predicted molar refractivity (Wildman–Crippen MR) is 79.4 cm³/mol. The van der Waals surface area contributed by atoms with Crippen molar-refractivity contribution in [1.82, 2.24) is 0 Å². The monoisotopic (exact) mass is 436 g/mol. The molecule has 0 aliphatic carbocycles. The van der Waals surface area contributed by atoms with Gasteiger partial charge in [-0.2, -0.15) is 0 Å². The average molecular weight is 439 g/mol. The lowest BCUT2D eigenvalue weighted by Gasteiger charge is -2.11. The number of aromatic hydroxyl groups is 2. The van der Waals surface area contributed by atoms with E-state index in [2.05, 4.69) is 47.8 Å². The molecule has 18 heavy (non-hydrogen) atoms. The predicted octanol–water partition coefficient (Wildman–Crippen LogP) is 5.18. The van der Waals surface area contributed by atoms with Crippen molar-refractivity contribution < 1.29 is 14.9 Å². The minimum atomic E-state index is -0.142. The maximum atomic E-state index is 9.74. The van der Waals surface area contributed by atoms with E-state index in [1.807, 2.05) is 6.07 Å². The molecule has 0 atom stereocenters. The van der Waals surface area contributed by atoms with Crippen molar-refractivity contribution in [2.75, 3.05) is 0 Å². The summed E-state index contributed by atoms with van der Waals surface area (Å²) in [5.74, 6) is 0.223. The van der Waals surface area contributed by atoms with Crippen LogP contribution in [-0.4, -0.2) is 10.2 Å². The topological polar surface area (TPSA) is 49.7 Å². The molecular formula is C12H7Br3O3. The molecule has 0 radical (unpaired) electrons. The minimum Gasteiger partial charge on any atom is -0.504 e. The van der Waals surface area contributed by atoms with Crippen molar-refractivity contribution in [3.05, 3.63) is 43.7 Å². The minimum absolute atomic E-state index is 0.0150. The third kappa shape index (κ3) is 2.99. The zero-order chi connectivity index (χ0) is 13.3. The Morgan fingerprint density at radius 3 is 2.00 bits per heavy atom. The Bertz CT molecular complexity index is 576. The summed E-state index contributed by atoms with van der Waals surface area (Å²) in [6.07, 6.45) is 0. The van der Waals surface area contributed by atoms with Crippen LogP contribution in [0.5, 0.6) is 23.0 Å². The van der Waals surface area contributed by atoms with E-state index in [-0.39, 0.29) is 17.2 Å². The molecule has 2 N–H and O–H groups in total. The molecule has 0 heterocycles. The van der Waals surface area contributed by atoms with E-state index in [1.165, 1.54) is 12.1 Å². The second-order valence-electron chi connectivity index (χ2n) is 3.45. The fraction of sp³-hybridized carbons (Fsp3) is 0. The van der Waals surface area contributed by atoms with Gasteiger partial charge in [-0.25, -0.2) is 0 Å². The first-order valence-electron chi connectivity index (χ1n) is 4.82. The van der Waals surface area contributed by atoms with Crippen molar-refractivity contribution in [2.45, 2.75) is 0 Å². The Kier molecular flexibility index (Phi) is 4.19. The number of phenols is 2. The maximum Gasteiger partial charge on any atom is 0.210 e. The lowest BCUT2D eigenvalue weighted by Crippen LogP contribution is -1.87. The Labute approximate surface area is 129 Å². The highest BCUT2D eigenvalue weighted by molar-refractivity contribution is 9.11. The van der Waals surface area contributed by atoms with E-state index in [0.717, 1.165) is 4.47 Å². The number of hydrogen-bond donors (Lipinski definition) is 2. The second kappa shape index (κ2) is 5.50. The summed E-state index contributed by atoms with van der Waals surface area (Å²) in [5.41, 5.74) is 0. The normalized spacial score (nSPS) is 10.4. The Hall–Kier alpha value is -0.720. The van der Waals surface area contributed by atoms with Crippen molar-refractivity contribution in [3.8, 4) is 23.0 Å². The lowest BCUT2D eigenvalue weighted by atomic mass is 10.3. The summed E-state index contributed by atoms with van der Waals surface area (Å²) >= 11 is 9.84. The summed E-state index contributed by atoms with van der Waals surface area (Å²) in [6, 6.07) is 8.22. The van der Waals surface area contributed by atoms with Gasteiger partial charge in [0.25, 0.3) is 0 Å². The number of rotatable bonds is 2. The fourth-order valence-electron chi connectivity index (χ4n) is 1.34. The van der Waals surface area contributed by atoms with Gasteiger partial charge in [-0.1, -0.05) is 31.9 Å². The number of hydrogen-bond acceptors (Lipinski definition) is 3. The zero-order valence-electron chi connectivity index (χ0n) is 8.82. The first-order chi connectivity index (χ1) is 8.47. The molecule has 3 nitrogen and oxygen atoms in total. The largest absolute Gasteiger partial charge is 0.504 e. The van der Waals surface area contributed by atoms with Crippen molar-refractivity contribution >= 4 is 47.8 Å². The number of ether oxygens (including phenoxy) is 1. The molecule has 0 saturated carbocycles. The summed E-state index contributed by atoms with van der Waals surface area (Å²) < 4.78 is 7.66. The van der Waals surface area contributed by atoms with Crippen LogP contribution < -0.4 is 4.74 Å². The molecule has 0 saturated heterocycles. The summed E-state index contributed by atoms with van der Waals surface area (Å²) in [5, 5.41) is 19.5.